The van der Waals surface area contributed by atoms with Crippen LogP contribution in [0.3, 0.4) is 0 Å². The summed E-state index contributed by atoms with van der Waals surface area (Å²) in [4.78, 5) is 0.0773. The van der Waals surface area contributed by atoms with E-state index < -0.39 is 10.0 Å². The molecule has 1 aromatic rings. The molecule has 0 atom stereocenters. The molecule has 0 fully saturated rings. The standard InChI is InChI=1S/C9H17N3O2S/c1-3-8(4-2)6-12-7-9(5-11-12)15(10,13)14/h5,7-8H,3-4,6H2,1-2H3,(H2,10,13,14). The van der Waals surface area contributed by atoms with Crippen molar-refractivity contribution in [2.24, 2.45) is 11.1 Å². The monoisotopic (exact) mass is 231 g/mol. The number of primary sulfonamides is 1. The molecule has 2 N–H and O–H groups in total. The minimum absolute atomic E-state index is 0.0773. The van der Waals surface area contributed by atoms with Crippen LogP contribution in [0.4, 0.5) is 0 Å². The summed E-state index contributed by atoms with van der Waals surface area (Å²) in [5.41, 5.74) is 0. The summed E-state index contributed by atoms with van der Waals surface area (Å²) >= 11 is 0. The lowest BCUT2D eigenvalue weighted by molar-refractivity contribution is 0.395. The topological polar surface area (TPSA) is 78.0 Å². The van der Waals surface area contributed by atoms with Gasteiger partial charge in [-0.05, 0) is 5.92 Å². The van der Waals surface area contributed by atoms with Crippen LogP contribution in [0.2, 0.25) is 0 Å². The fourth-order valence-electron chi connectivity index (χ4n) is 1.40. The van der Waals surface area contributed by atoms with Crippen LogP contribution in [0, 0.1) is 5.92 Å². The summed E-state index contributed by atoms with van der Waals surface area (Å²) in [6.45, 7) is 4.96. The second-order valence-corrected chi connectivity index (χ2v) is 5.19. The molecule has 0 spiro atoms. The Balaban J connectivity index is 2.77. The molecule has 15 heavy (non-hydrogen) atoms. The average Bonchev–Trinajstić information content (AvgIpc) is 2.61. The SMILES string of the molecule is CCC(CC)Cn1cc(S(N)(=O)=O)cn1. The zero-order valence-electron chi connectivity index (χ0n) is 9.05. The van der Waals surface area contributed by atoms with Crippen molar-refractivity contribution in [3.05, 3.63) is 12.4 Å². The second kappa shape index (κ2) is 4.76. The van der Waals surface area contributed by atoms with Crippen LogP contribution in [-0.2, 0) is 16.6 Å². The highest BCUT2D eigenvalue weighted by Gasteiger charge is 2.12. The smallest absolute Gasteiger partial charge is 0.241 e. The summed E-state index contributed by atoms with van der Waals surface area (Å²) < 4.78 is 23.6. The van der Waals surface area contributed by atoms with Crippen molar-refractivity contribution in [2.45, 2.75) is 38.1 Å². The number of nitrogens with zero attached hydrogens (tertiary/aromatic N) is 2. The van der Waals surface area contributed by atoms with Crippen molar-refractivity contribution < 1.29 is 8.42 Å². The predicted octanol–water partition coefficient (Wildman–Crippen LogP) is 0.967. The van der Waals surface area contributed by atoms with Crippen LogP contribution in [0.1, 0.15) is 26.7 Å². The zero-order chi connectivity index (χ0) is 11.5. The quantitative estimate of drug-likeness (QED) is 0.820. The first kappa shape index (κ1) is 12.2. The van der Waals surface area contributed by atoms with Gasteiger partial charge in [0.2, 0.25) is 10.0 Å². The molecule has 0 radical (unpaired) electrons. The van der Waals surface area contributed by atoms with Crippen molar-refractivity contribution >= 4 is 10.0 Å². The molecule has 6 heteroatoms. The van der Waals surface area contributed by atoms with E-state index in [1.165, 1.54) is 12.4 Å². The van der Waals surface area contributed by atoms with E-state index in [1.807, 2.05) is 0 Å². The fraction of sp³-hybridized carbons (Fsp3) is 0.667. The van der Waals surface area contributed by atoms with Crippen LogP contribution in [-0.4, -0.2) is 18.2 Å². The van der Waals surface area contributed by atoms with E-state index in [2.05, 4.69) is 18.9 Å². The van der Waals surface area contributed by atoms with Gasteiger partial charge in [-0.25, -0.2) is 13.6 Å². The molecular formula is C9H17N3O2S. The van der Waals surface area contributed by atoms with Crippen molar-refractivity contribution in [2.75, 3.05) is 0 Å². The van der Waals surface area contributed by atoms with Crippen molar-refractivity contribution in [1.82, 2.24) is 9.78 Å². The Morgan fingerprint density at radius 2 is 2.07 bits per heavy atom. The zero-order valence-corrected chi connectivity index (χ0v) is 9.87. The minimum Gasteiger partial charge on any atom is -0.271 e. The normalized spacial score (nSPS) is 12.3. The van der Waals surface area contributed by atoms with E-state index in [1.54, 1.807) is 4.68 Å². The molecule has 0 aliphatic heterocycles. The third-order valence-corrected chi connectivity index (χ3v) is 3.41. The minimum atomic E-state index is -3.61. The Kier molecular flexibility index (Phi) is 3.87. The van der Waals surface area contributed by atoms with E-state index in [0.717, 1.165) is 19.4 Å². The summed E-state index contributed by atoms with van der Waals surface area (Å²) in [6, 6.07) is 0. The lowest BCUT2D eigenvalue weighted by Gasteiger charge is -2.11. The predicted molar refractivity (Wildman–Crippen MR) is 57.7 cm³/mol. The molecule has 0 aliphatic rings. The summed E-state index contributed by atoms with van der Waals surface area (Å²) in [6.07, 6.45) is 4.88. The maximum Gasteiger partial charge on any atom is 0.241 e. The largest absolute Gasteiger partial charge is 0.271 e. The van der Waals surface area contributed by atoms with E-state index >= 15 is 0 Å². The van der Waals surface area contributed by atoms with E-state index in [-0.39, 0.29) is 4.90 Å². The molecule has 86 valence electrons. The van der Waals surface area contributed by atoms with E-state index in [9.17, 15) is 8.42 Å². The highest BCUT2D eigenvalue weighted by molar-refractivity contribution is 7.89. The van der Waals surface area contributed by atoms with Crippen molar-refractivity contribution in [3.8, 4) is 0 Å². The number of hydrogen-bond donors (Lipinski definition) is 1. The number of nitrogens with two attached hydrogens (primary N) is 1. The first-order chi connectivity index (χ1) is 6.97. The lowest BCUT2D eigenvalue weighted by atomic mass is 10.0. The molecule has 0 saturated carbocycles. The fourth-order valence-corrected chi connectivity index (χ4v) is 1.87. The Bertz CT molecular complexity index is 407. The molecule has 5 nitrogen and oxygen atoms in total. The Hall–Kier alpha value is -0.880. The molecule has 0 saturated heterocycles. The Morgan fingerprint density at radius 1 is 1.47 bits per heavy atom. The average molecular weight is 231 g/mol. The second-order valence-electron chi connectivity index (χ2n) is 3.63. The molecule has 0 amide bonds. The van der Waals surface area contributed by atoms with Gasteiger partial charge >= 0.3 is 0 Å². The van der Waals surface area contributed by atoms with Crippen molar-refractivity contribution in [3.63, 3.8) is 0 Å². The van der Waals surface area contributed by atoms with Gasteiger partial charge in [-0.3, -0.25) is 4.68 Å². The van der Waals surface area contributed by atoms with Gasteiger partial charge in [0.15, 0.2) is 0 Å². The maximum absolute atomic E-state index is 11.0. The van der Waals surface area contributed by atoms with Crippen LogP contribution in [0.15, 0.2) is 17.3 Å². The van der Waals surface area contributed by atoms with Gasteiger partial charge in [0, 0.05) is 12.7 Å². The van der Waals surface area contributed by atoms with Gasteiger partial charge in [-0.1, -0.05) is 26.7 Å². The first-order valence-electron chi connectivity index (χ1n) is 5.02. The summed E-state index contributed by atoms with van der Waals surface area (Å²) in [5, 5.41) is 8.96. The number of aromatic nitrogens is 2. The molecular weight excluding hydrogens is 214 g/mol. The highest BCUT2D eigenvalue weighted by Crippen LogP contribution is 2.12. The van der Waals surface area contributed by atoms with Gasteiger partial charge in [0.25, 0.3) is 0 Å². The van der Waals surface area contributed by atoms with Gasteiger partial charge in [0.1, 0.15) is 4.90 Å². The van der Waals surface area contributed by atoms with Gasteiger partial charge < -0.3 is 0 Å². The van der Waals surface area contributed by atoms with Crippen LogP contribution < -0.4 is 5.14 Å². The Morgan fingerprint density at radius 3 is 2.47 bits per heavy atom. The van der Waals surface area contributed by atoms with E-state index in [4.69, 9.17) is 5.14 Å². The van der Waals surface area contributed by atoms with Crippen LogP contribution in [0.25, 0.3) is 0 Å². The summed E-state index contributed by atoms with van der Waals surface area (Å²) in [7, 11) is -3.61. The van der Waals surface area contributed by atoms with E-state index in [0.29, 0.717) is 5.92 Å². The molecule has 1 rings (SSSR count). The Labute approximate surface area is 90.3 Å². The number of rotatable bonds is 5. The third kappa shape index (κ3) is 3.32. The third-order valence-electron chi connectivity index (χ3n) is 2.54. The van der Waals surface area contributed by atoms with Crippen LogP contribution >= 0.6 is 0 Å². The maximum atomic E-state index is 11.0. The van der Waals surface area contributed by atoms with Gasteiger partial charge in [-0.2, -0.15) is 5.10 Å². The molecule has 0 unspecified atom stereocenters. The molecule has 1 heterocycles. The first-order valence-corrected chi connectivity index (χ1v) is 6.57. The van der Waals surface area contributed by atoms with Crippen LogP contribution in [0.5, 0.6) is 0 Å². The lowest BCUT2D eigenvalue weighted by Crippen LogP contribution is -2.12. The van der Waals surface area contributed by atoms with Crippen molar-refractivity contribution in [1.29, 1.82) is 0 Å². The number of sulfonamides is 1. The molecule has 0 aliphatic carbocycles. The molecule has 0 aromatic carbocycles. The molecule has 1 aromatic heterocycles. The highest BCUT2D eigenvalue weighted by atomic mass is 32.2. The van der Waals surface area contributed by atoms with Gasteiger partial charge in [0.05, 0.1) is 6.20 Å². The molecule has 0 bridgehead atoms. The number of hydrogen-bond acceptors (Lipinski definition) is 3. The van der Waals surface area contributed by atoms with Gasteiger partial charge in [-0.15, -0.1) is 0 Å². The summed E-state index contributed by atoms with van der Waals surface area (Å²) in [5.74, 6) is 0.526.